The van der Waals surface area contributed by atoms with E-state index in [9.17, 15) is 4.79 Å². The van der Waals surface area contributed by atoms with Crippen LogP contribution in [0.2, 0.25) is 0 Å². The maximum absolute atomic E-state index is 11.6. The van der Waals surface area contributed by atoms with Gasteiger partial charge in [-0.2, -0.15) is 0 Å². The minimum Gasteiger partial charge on any atom is -0.397 e. The summed E-state index contributed by atoms with van der Waals surface area (Å²) in [4.78, 5) is 16.4. The van der Waals surface area contributed by atoms with Crippen LogP contribution in [0.4, 0.5) is 11.4 Å². The van der Waals surface area contributed by atoms with E-state index in [4.69, 9.17) is 11.5 Å². The lowest BCUT2D eigenvalue weighted by atomic mass is 10.1. The van der Waals surface area contributed by atoms with Gasteiger partial charge in [0.1, 0.15) is 0 Å². The number of para-hydroxylation sites is 1. The zero-order valence-corrected chi connectivity index (χ0v) is 11.7. The Labute approximate surface area is 119 Å². The fourth-order valence-electron chi connectivity index (χ4n) is 3.46. The number of hydrogen-bond acceptors (Lipinski definition) is 4. The molecule has 1 unspecified atom stereocenters. The zero-order chi connectivity index (χ0) is 14.1. The minimum absolute atomic E-state index is 0.406. The number of amides is 1. The standard InChI is InChI=1S/C15H22N4O/c16-13-5-3-4-12(15(17)20)14(13)19-9-6-11(10-19)18-7-1-2-8-18/h3-5,11H,1-2,6-10,16H2,(H2,17,20). The SMILES string of the molecule is NC(=O)c1cccc(N)c1N1CCC(N2CCCC2)C1. The molecule has 5 nitrogen and oxygen atoms in total. The molecular formula is C15H22N4O. The van der Waals surface area contributed by atoms with Gasteiger partial charge in [-0.3, -0.25) is 9.69 Å². The molecule has 1 aromatic rings. The van der Waals surface area contributed by atoms with Crippen molar-refractivity contribution in [3.63, 3.8) is 0 Å². The maximum Gasteiger partial charge on any atom is 0.250 e. The van der Waals surface area contributed by atoms with E-state index in [1.54, 1.807) is 12.1 Å². The van der Waals surface area contributed by atoms with E-state index in [-0.39, 0.29) is 0 Å². The number of nitrogens with zero attached hydrogens (tertiary/aromatic N) is 2. The van der Waals surface area contributed by atoms with Crippen LogP contribution in [0, 0.1) is 0 Å². The molecule has 1 aromatic carbocycles. The summed E-state index contributed by atoms with van der Waals surface area (Å²) in [6.45, 7) is 4.28. The van der Waals surface area contributed by atoms with Gasteiger partial charge in [-0.25, -0.2) is 0 Å². The molecule has 0 aromatic heterocycles. The van der Waals surface area contributed by atoms with E-state index in [1.165, 1.54) is 25.9 Å². The molecule has 0 bridgehead atoms. The lowest BCUT2D eigenvalue weighted by Gasteiger charge is -2.26. The van der Waals surface area contributed by atoms with Crippen LogP contribution in [0.15, 0.2) is 18.2 Å². The van der Waals surface area contributed by atoms with Gasteiger partial charge in [0, 0.05) is 19.1 Å². The van der Waals surface area contributed by atoms with Gasteiger partial charge in [-0.1, -0.05) is 6.07 Å². The van der Waals surface area contributed by atoms with Gasteiger partial charge in [0.25, 0.3) is 5.91 Å². The fourth-order valence-corrected chi connectivity index (χ4v) is 3.46. The van der Waals surface area contributed by atoms with Gasteiger partial charge in [-0.15, -0.1) is 0 Å². The van der Waals surface area contributed by atoms with Crippen LogP contribution in [0.5, 0.6) is 0 Å². The maximum atomic E-state index is 11.6. The number of rotatable bonds is 3. The van der Waals surface area contributed by atoms with Crippen LogP contribution >= 0.6 is 0 Å². The number of carbonyl (C=O) groups excluding carboxylic acids is 1. The van der Waals surface area contributed by atoms with Gasteiger partial charge in [0.05, 0.1) is 16.9 Å². The highest BCUT2D eigenvalue weighted by molar-refractivity contribution is 6.01. The van der Waals surface area contributed by atoms with Crippen molar-refractivity contribution in [1.82, 2.24) is 4.90 Å². The predicted octanol–water partition coefficient (Wildman–Crippen LogP) is 1.04. The van der Waals surface area contributed by atoms with Crippen molar-refractivity contribution in [2.75, 3.05) is 36.8 Å². The first-order valence-electron chi connectivity index (χ1n) is 7.34. The Morgan fingerprint density at radius 2 is 1.95 bits per heavy atom. The van der Waals surface area contributed by atoms with E-state index < -0.39 is 5.91 Å². The quantitative estimate of drug-likeness (QED) is 0.808. The van der Waals surface area contributed by atoms with Crippen LogP contribution in [0.25, 0.3) is 0 Å². The molecule has 0 spiro atoms. The smallest absolute Gasteiger partial charge is 0.250 e. The first kappa shape index (κ1) is 13.2. The summed E-state index contributed by atoms with van der Waals surface area (Å²) in [6, 6.07) is 5.97. The first-order chi connectivity index (χ1) is 9.66. The van der Waals surface area contributed by atoms with E-state index in [0.29, 0.717) is 17.3 Å². The highest BCUT2D eigenvalue weighted by Crippen LogP contribution is 2.32. The number of nitrogens with two attached hydrogens (primary N) is 2. The number of nitrogen functional groups attached to an aromatic ring is 1. The molecule has 1 atom stereocenters. The van der Waals surface area contributed by atoms with Gasteiger partial charge in [-0.05, 0) is 44.5 Å². The van der Waals surface area contributed by atoms with Crippen LogP contribution < -0.4 is 16.4 Å². The molecule has 2 saturated heterocycles. The Bertz CT molecular complexity index is 511. The van der Waals surface area contributed by atoms with Gasteiger partial charge >= 0.3 is 0 Å². The number of primary amides is 1. The van der Waals surface area contributed by atoms with Crippen molar-refractivity contribution in [2.24, 2.45) is 5.73 Å². The van der Waals surface area contributed by atoms with Crippen molar-refractivity contribution < 1.29 is 4.79 Å². The Morgan fingerprint density at radius 3 is 2.65 bits per heavy atom. The molecule has 0 saturated carbocycles. The molecule has 20 heavy (non-hydrogen) atoms. The van der Waals surface area contributed by atoms with Crippen LogP contribution in [-0.4, -0.2) is 43.0 Å². The zero-order valence-electron chi connectivity index (χ0n) is 11.7. The molecular weight excluding hydrogens is 252 g/mol. The number of likely N-dealkylation sites (tertiary alicyclic amines) is 1. The van der Waals surface area contributed by atoms with Crippen molar-refractivity contribution >= 4 is 17.3 Å². The third-order valence-corrected chi connectivity index (χ3v) is 4.47. The van der Waals surface area contributed by atoms with Crippen molar-refractivity contribution in [2.45, 2.75) is 25.3 Å². The summed E-state index contributed by atoms with van der Waals surface area (Å²) in [5.41, 5.74) is 13.5. The summed E-state index contributed by atoms with van der Waals surface area (Å²) in [5.74, 6) is -0.406. The minimum atomic E-state index is -0.406. The molecule has 2 aliphatic heterocycles. The molecule has 4 N–H and O–H groups in total. The molecule has 5 heteroatoms. The van der Waals surface area contributed by atoms with Crippen molar-refractivity contribution in [3.8, 4) is 0 Å². The molecule has 108 valence electrons. The molecule has 2 aliphatic rings. The number of carbonyl (C=O) groups is 1. The van der Waals surface area contributed by atoms with E-state index in [2.05, 4.69) is 9.80 Å². The highest BCUT2D eigenvalue weighted by atomic mass is 16.1. The third-order valence-electron chi connectivity index (χ3n) is 4.47. The van der Waals surface area contributed by atoms with Crippen molar-refractivity contribution in [1.29, 1.82) is 0 Å². The lowest BCUT2D eigenvalue weighted by molar-refractivity contribution is 0.100. The Balaban J connectivity index is 1.82. The second kappa shape index (κ2) is 5.32. The van der Waals surface area contributed by atoms with E-state index in [0.717, 1.165) is 25.2 Å². The van der Waals surface area contributed by atoms with Crippen molar-refractivity contribution in [3.05, 3.63) is 23.8 Å². The monoisotopic (exact) mass is 274 g/mol. The Morgan fingerprint density at radius 1 is 1.20 bits per heavy atom. The largest absolute Gasteiger partial charge is 0.397 e. The predicted molar refractivity (Wildman–Crippen MR) is 80.8 cm³/mol. The second-order valence-electron chi connectivity index (χ2n) is 5.74. The fraction of sp³-hybridized carbons (Fsp3) is 0.533. The van der Waals surface area contributed by atoms with Crippen LogP contribution in [0.1, 0.15) is 29.6 Å². The highest BCUT2D eigenvalue weighted by Gasteiger charge is 2.31. The average molecular weight is 274 g/mol. The summed E-state index contributed by atoms with van der Waals surface area (Å²) in [6.07, 6.45) is 3.74. The second-order valence-corrected chi connectivity index (χ2v) is 5.74. The number of hydrogen-bond donors (Lipinski definition) is 2. The third kappa shape index (κ3) is 2.33. The van der Waals surface area contributed by atoms with Gasteiger partial charge in [0.2, 0.25) is 0 Å². The molecule has 0 radical (unpaired) electrons. The average Bonchev–Trinajstić information content (AvgIpc) is 3.09. The molecule has 3 rings (SSSR count). The molecule has 2 heterocycles. The van der Waals surface area contributed by atoms with E-state index >= 15 is 0 Å². The molecule has 0 aliphatic carbocycles. The van der Waals surface area contributed by atoms with Gasteiger partial charge < -0.3 is 16.4 Å². The Hall–Kier alpha value is -1.75. The first-order valence-corrected chi connectivity index (χ1v) is 7.34. The summed E-state index contributed by atoms with van der Waals surface area (Å²) >= 11 is 0. The normalized spacial score (nSPS) is 23.4. The van der Waals surface area contributed by atoms with Crippen LogP contribution in [0.3, 0.4) is 0 Å². The Kier molecular flexibility index (Phi) is 3.53. The topological polar surface area (TPSA) is 75.6 Å². The van der Waals surface area contributed by atoms with E-state index in [1.807, 2.05) is 6.07 Å². The van der Waals surface area contributed by atoms with Gasteiger partial charge in [0.15, 0.2) is 0 Å². The molecule has 2 fully saturated rings. The summed E-state index contributed by atoms with van der Waals surface area (Å²) < 4.78 is 0. The number of anilines is 2. The van der Waals surface area contributed by atoms with Crippen LogP contribution in [-0.2, 0) is 0 Å². The molecule has 1 amide bonds. The lowest BCUT2D eigenvalue weighted by Crippen LogP contribution is -2.35. The summed E-state index contributed by atoms with van der Waals surface area (Å²) in [5, 5.41) is 0. The number of benzene rings is 1. The summed E-state index contributed by atoms with van der Waals surface area (Å²) in [7, 11) is 0.